The standard InChI is InChI=1S/C35H47F3N2O2/c1-2-3-4-5-6-7-8-9-10-11-12-13-14-15-16-19-25-39-26-24-29(32-20-17-18-21-34(32)39)27-30-22-23-31(40(41)42)28-33(30)35(36,37)38/h17-18,20-24,26-28H,2-16,19,25H2,1H3. The molecule has 0 unspecified atom stereocenters. The lowest BCUT2D eigenvalue weighted by atomic mass is 9.95. The largest absolute Gasteiger partial charge is 0.417 e. The van der Waals surface area contributed by atoms with E-state index < -0.39 is 22.4 Å². The summed E-state index contributed by atoms with van der Waals surface area (Å²) in [6.45, 7) is 3.12. The van der Waals surface area contributed by atoms with Crippen LogP contribution < -0.4 is 4.90 Å². The van der Waals surface area contributed by atoms with E-state index in [2.05, 4.69) is 11.8 Å². The maximum atomic E-state index is 13.7. The highest BCUT2D eigenvalue weighted by Crippen LogP contribution is 2.39. The van der Waals surface area contributed by atoms with Gasteiger partial charge in [-0.3, -0.25) is 10.1 Å². The quantitative estimate of drug-likeness (QED) is 0.0937. The average Bonchev–Trinajstić information content (AvgIpc) is 2.97. The lowest BCUT2D eigenvalue weighted by Gasteiger charge is -2.28. The molecule has 0 spiro atoms. The second kappa shape index (κ2) is 17.8. The van der Waals surface area contributed by atoms with E-state index in [0.717, 1.165) is 36.7 Å². The number of halogens is 3. The van der Waals surface area contributed by atoms with Crippen LogP contribution in [0.5, 0.6) is 0 Å². The molecule has 0 saturated carbocycles. The number of fused-ring (bicyclic) bond motifs is 1. The summed E-state index contributed by atoms with van der Waals surface area (Å²) in [5, 5.41) is 11.0. The van der Waals surface area contributed by atoms with Crippen molar-refractivity contribution in [1.29, 1.82) is 0 Å². The van der Waals surface area contributed by atoms with Crippen LogP contribution in [0.4, 0.5) is 24.5 Å². The van der Waals surface area contributed by atoms with Crippen molar-refractivity contribution in [3.63, 3.8) is 0 Å². The van der Waals surface area contributed by atoms with Gasteiger partial charge in [-0.1, -0.05) is 121 Å². The molecule has 3 rings (SSSR count). The molecular weight excluding hydrogens is 537 g/mol. The average molecular weight is 585 g/mol. The van der Waals surface area contributed by atoms with Crippen LogP contribution in [0.2, 0.25) is 0 Å². The van der Waals surface area contributed by atoms with Crippen molar-refractivity contribution < 1.29 is 18.1 Å². The van der Waals surface area contributed by atoms with Crippen molar-refractivity contribution in [1.82, 2.24) is 0 Å². The Bertz CT molecular complexity index is 1170. The van der Waals surface area contributed by atoms with Crippen molar-refractivity contribution in [3.05, 3.63) is 81.5 Å². The fraction of sp³-hybridized carbons (Fsp3) is 0.543. The zero-order valence-corrected chi connectivity index (χ0v) is 25.1. The summed E-state index contributed by atoms with van der Waals surface area (Å²) >= 11 is 0. The zero-order chi connectivity index (χ0) is 30.2. The van der Waals surface area contributed by atoms with E-state index in [1.54, 1.807) is 0 Å². The van der Waals surface area contributed by atoms with E-state index in [-0.39, 0.29) is 5.56 Å². The minimum absolute atomic E-state index is 0.0891. The molecule has 230 valence electrons. The summed E-state index contributed by atoms with van der Waals surface area (Å²) in [5.74, 6) is 0. The molecule has 0 N–H and O–H groups in total. The third-order valence-corrected chi connectivity index (χ3v) is 8.08. The van der Waals surface area contributed by atoms with Gasteiger partial charge in [0.1, 0.15) is 0 Å². The van der Waals surface area contributed by atoms with Gasteiger partial charge in [-0.25, -0.2) is 0 Å². The number of allylic oxidation sites excluding steroid dienone is 2. The van der Waals surface area contributed by atoms with Gasteiger partial charge in [-0.2, -0.15) is 13.2 Å². The molecule has 42 heavy (non-hydrogen) atoms. The molecule has 1 aliphatic rings. The number of anilines is 1. The number of benzene rings is 2. The fourth-order valence-corrected chi connectivity index (χ4v) is 5.66. The van der Waals surface area contributed by atoms with Crippen LogP contribution in [0.3, 0.4) is 0 Å². The van der Waals surface area contributed by atoms with Crippen LogP contribution in [0.15, 0.2) is 54.7 Å². The first-order valence-corrected chi connectivity index (χ1v) is 15.9. The van der Waals surface area contributed by atoms with Crippen LogP contribution >= 0.6 is 0 Å². The molecule has 4 nitrogen and oxygen atoms in total. The number of nitro groups is 1. The molecule has 2 aromatic rings. The number of para-hydroxylation sites is 1. The van der Waals surface area contributed by atoms with Crippen LogP contribution in [0, 0.1) is 10.1 Å². The smallest absolute Gasteiger partial charge is 0.347 e. The van der Waals surface area contributed by atoms with Gasteiger partial charge in [0.2, 0.25) is 0 Å². The molecule has 0 aliphatic carbocycles. The number of hydrogen-bond acceptors (Lipinski definition) is 3. The molecule has 0 aromatic heterocycles. The maximum Gasteiger partial charge on any atom is 0.417 e. The Balaban J connectivity index is 1.41. The molecule has 7 heteroatoms. The van der Waals surface area contributed by atoms with E-state index in [1.807, 2.05) is 36.5 Å². The molecule has 0 amide bonds. The molecule has 0 bridgehead atoms. The van der Waals surface area contributed by atoms with Gasteiger partial charge in [-0.15, -0.1) is 0 Å². The first-order chi connectivity index (χ1) is 20.3. The van der Waals surface area contributed by atoms with Gasteiger partial charge < -0.3 is 4.90 Å². The topological polar surface area (TPSA) is 46.4 Å². The van der Waals surface area contributed by atoms with Crippen molar-refractivity contribution >= 4 is 23.0 Å². The van der Waals surface area contributed by atoms with Gasteiger partial charge in [0.15, 0.2) is 0 Å². The Hall–Kier alpha value is -3.09. The van der Waals surface area contributed by atoms with Gasteiger partial charge in [0.25, 0.3) is 5.69 Å². The lowest BCUT2D eigenvalue weighted by molar-refractivity contribution is -0.385. The van der Waals surface area contributed by atoms with Crippen molar-refractivity contribution in [2.45, 2.75) is 116 Å². The Morgan fingerprint density at radius 3 is 1.88 bits per heavy atom. The molecular formula is C35H47F3N2O2. The van der Waals surface area contributed by atoms with Crippen LogP contribution in [0.25, 0.3) is 11.6 Å². The monoisotopic (exact) mass is 584 g/mol. The summed E-state index contributed by atoms with van der Waals surface area (Å²) in [5.41, 5.74) is 0.785. The molecule has 1 aliphatic heterocycles. The number of hydrogen-bond donors (Lipinski definition) is 0. The van der Waals surface area contributed by atoms with Gasteiger partial charge in [0, 0.05) is 36.1 Å². The van der Waals surface area contributed by atoms with E-state index in [1.165, 1.54) is 102 Å². The highest BCUT2D eigenvalue weighted by Gasteiger charge is 2.34. The van der Waals surface area contributed by atoms with E-state index in [0.29, 0.717) is 11.6 Å². The number of nitrogens with zero attached hydrogens (tertiary/aromatic N) is 2. The van der Waals surface area contributed by atoms with Gasteiger partial charge in [-0.05, 0) is 41.8 Å². The van der Waals surface area contributed by atoms with Crippen LogP contribution in [0.1, 0.15) is 126 Å². The second-order valence-electron chi connectivity index (χ2n) is 11.5. The fourth-order valence-electron chi connectivity index (χ4n) is 5.66. The normalized spacial score (nSPS) is 14.0. The Kier molecular flexibility index (Phi) is 14.1. The van der Waals surface area contributed by atoms with Crippen LogP contribution in [-0.4, -0.2) is 11.5 Å². The number of unbranched alkanes of at least 4 members (excludes halogenated alkanes) is 15. The summed E-state index contributed by atoms with van der Waals surface area (Å²) in [6, 6.07) is 10.6. The van der Waals surface area contributed by atoms with Crippen molar-refractivity contribution in [3.8, 4) is 0 Å². The SMILES string of the molecule is CCCCCCCCCCCCCCCCCCN1C=CC(=Cc2ccc([N+](=O)[O-])cc2C(F)(F)F)c2ccccc21. The Labute approximate surface area is 249 Å². The second-order valence-corrected chi connectivity index (χ2v) is 11.5. The summed E-state index contributed by atoms with van der Waals surface area (Å²) < 4.78 is 41.1. The summed E-state index contributed by atoms with van der Waals surface area (Å²) in [6.07, 6.45) is 21.7. The lowest BCUT2D eigenvalue weighted by Crippen LogP contribution is -2.21. The van der Waals surface area contributed by atoms with E-state index in [9.17, 15) is 23.3 Å². The third-order valence-electron chi connectivity index (χ3n) is 8.08. The predicted molar refractivity (Wildman–Crippen MR) is 168 cm³/mol. The predicted octanol–water partition coefficient (Wildman–Crippen LogP) is 11.7. The minimum Gasteiger partial charge on any atom is -0.347 e. The van der Waals surface area contributed by atoms with Crippen molar-refractivity contribution in [2.75, 3.05) is 11.4 Å². The first-order valence-electron chi connectivity index (χ1n) is 15.9. The molecule has 0 saturated heterocycles. The van der Waals surface area contributed by atoms with Gasteiger partial charge in [0.05, 0.1) is 10.5 Å². The van der Waals surface area contributed by atoms with Gasteiger partial charge >= 0.3 is 6.18 Å². The zero-order valence-electron chi connectivity index (χ0n) is 25.1. The third kappa shape index (κ3) is 11.0. The highest BCUT2D eigenvalue weighted by molar-refractivity contribution is 5.95. The maximum absolute atomic E-state index is 13.7. The van der Waals surface area contributed by atoms with Crippen molar-refractivity contribution in [2.24, 2.45) is 0 Å². The number of non-ortho nitro benzene ring substituents is 1. The molecule has 0 atom stereocenters. The Morgan fingerprint density at radius 1 is 0.786 bits per heavy atom. The molecule has 1 heterocycles. The highest BCUT2D eigenvalue weighted by atomic mass is 19.4. The van der Waals surface area contributed by atoms with E-state index >= 15 is 0 Å². The number of alkyl halides is 3. The molecule has 2 aromatic carbocycles. The minimum atomic E-state index is -4.70. The Morgan fingerprint density at radius 2 is 1.33 bits per heavy atom. The molecule has 0 fully saturated rings. The first kappa shape index (κ1) is 33.4. The van der Waals surface area contributed by atoms with E-state index in [4.69, 9.17) is 0 Å². The van der Waals surface area contributed by atoms with Crippen LogP contribution in [-0.2, 0) is 6.18 Å². The molecule has 0 radical (unpaired) electrons. The summed E-state index contributed by atoms with van der Waals surface area (Å²) in [4.78, 5) is 12.4. The number of rotatable bonds is 19. The number of nitro benzene ring substituents is 1. The summed E-state index contributed by atoms with van der Waals surface area (Å²) in [7, 11) is 0.